The Labute approximate surface area is 233 Å². The Morgan fingerprint density at radius 3 is 2.27 bits per heavy atom. The van der Waals surface area contributed by atoms with Gasteiger partial charge < -0.3 is 23.7 Å². The van der Waals surface area contributed by atoms with Gasteiger partial charge in [0, 0.05) is 61.3 Å². The molecule has 4 aromatic rings. The van der Waals surface area contributed by atoms with Crippen LogP contribution in [0.25, 0.3) is 28.2 Å². The van der Waals surface area contributed by atoms with E-state index in [-0.39, 0.29) is 5.82 Å². The summed E-state index contributed by atoms with van der Waals surface area (Å²) in [6.07, 6.45) is 1.93. The average Bonchev–Trinajstić information content (AvgIpc) is 3.44. The SMILES string of the molecule is COc1ccc(-c2cc(-c3ccc(F)cc3)nc(-n3cccc3CN3CCN(C)CC3)c2C#N)c(OC)c1OC. The highest BCUT2D eigenvalue weighted by Gasteiger charge is 2.24. The van der Waals surface area contributed by atoms with Crippen molar-refractivity contribution in [3.63, 3.8) is 0 Å². The predicted octanol–water partition coefficient (Wildman–Crippen LogP) is 4.99. The Balaban J connectivity index is 1.72. The molecular weight excluding hydrogens is 509 g/mol. The fourth-order valence-electron chi connectivity index (χ4n) is 5.10. The molecule has 0 bridgehead atoms. The molecule has 206 valence electrons. The van der Waals surface area contributed by atoms with Crippen molar-refractivity contribution in [3.8, 4) is 51.5 Å². The van der Waals surface area contributed by atoms with Gasteiger partial charge in [-0.3, -0.25) is 4.90 Å². The molecule has 0 spiro atoms. The molecule has 5 rings (SSSR count). The second kappa shape index (κ2) is 11.8. The first-order valence-corrected chi connectivity index (χ1v) is 13.0. The first kappa shape index (κ1) is 27.2. The van der Waals surface area contributed by atoms with Crippen LogP contribution in [0.15, 0.2) is 60.8 Å². The number of nitriles is 1. The Hall–Kier alpha value is -4.39. The third-order valence-corrected chi connectivity index (χ3v) is 7.29. The first-order valence-electron chi connectivity index (χ1n) is 13.0. The van der Waals surface area contributed by atoms with Gasteiger partial charge in [0.1, 0.15) is 17.4 Å². The summed E-state index contributed by atoms with van der Waals surface area (Å²) in [5.74, 6) is 1.52. The number of ether oxygens (including phenoxy) is 3. The van der Waals surface area contributed by atoms with E-state index in [4.69, 9.17) is 19.2 Å². The lowest BCUT2D eigenvalue weighted by Gasteiger charge is -2.32. The van der Waals surface area contributed by atoms with Gasteiger partial charge in [-0.05, 0) is 61.6 Å². The van der Waals surface area contributed by atoms with Crippen LogP contribution in [0.1, 0.15) is 11.3 Å². The van der Waals surface area contributed by atoms with E-state index in [1.54, 1.807) is 39.5 Å². The van der Waals surface area contributed by atoms with E-state index < -0.39 is 0 Å². The minimum Gasteiger partial charge on any atom is -0.493 e. The van der Waals surface area contributed by atoms with Gasteiger partial charge in [-0.15, -0.1) is 0 Å². The number of nitrogens with zero attached hydrogens (tertiary/aromatic N) is 5. The molecule has 0 N–H and O–H groups in total. The number of methoxy groups -OCH3 is 3. The molecular formula is C31H32FN5O3. The van der Waals surface area contributed by atoms with Crippen LogP contribution in [0.4, 0.5) is 4.39 Å². The molecule has 0 unspecified atom stereocenters. The fourth-order valence-corrected chi connectivity index (χ4v) is 5.10. The van der Waals surface area contributed by atoms with Crippen molar-refractivity contribution in [1.82, 2.24) is 19.4 Å². The van der Waals surface area contributed by atoms with Crippen LogP contribution in [0.3, 0.4) is 0 Å². The Morgan fingerprint density at radius 1 is 0.900 bits per heavy atom. The van der Waals surface area contributed by atoms with Gasteiger partial charge in [0.2, 0.25) is 5.75 Å². The Morgan fingerprint density at radius 2 is 1.62 bits per heavy atom. The number of hydrogen-bond donors (Lipinski definition) is 0. The highest BCUT2D eigenvalue weighted by molar-refractivity contribution is 5.84. The smallest absolute Gasteiger partial charge is 0.203 e. The second-order valence-electron chi connectivity index (χ2n) is 9.70. The van der Waals surface area contributed by atoms with E-state index in [2.05, 4.69) is 29.0 Å². The minimum atomic E-state index is -0.334. The maximum absolute atomic E-state index is 13.8. The van der Waals surface area contributed by atoms with Crippen LogP contribution in [-0.4, -0.2) is 73.9 Å². The van der Waals surface area contributed by atoms with Crippen LogP contribution < -0.4 is 14.2 Å². The molecule has 0 saturated carbocycles. The van der Waals surface area contributed by atoms with Crippen molar-refractivity contribution in [2.75, 3.05) is 54.6 Å². The predicted molar refractivity (Wildman–Crippen MR) is 152 cm³/mol. The van der Waals surface area contributed by atoms with Gasteiger partial charge >= 0.3 is 0 Å². The number of hydrogen-bond acceptors (Lipinski definition) is 7. The monoisotopic (exact) mass is 541 g/mol. The van der Waals surface area contributed by atoms with Crippen molar-refractivity contribution in [2.24, 2.45) is 0 Å². The van der Waals surface area contributed by atoms with E-state index in [1.807, 2.05) is 29.0 Å². The molecule has 0 radical (unpaired) electrons. The van der Waals surface area contributed by atoms with Crippen molar-refractivity contribution >= 4 is 0 Å². The summed E-state index contributed by atoms with van der Waals surface area (Å²) in [6, 6.07) is 18.1. The van der Waals surface area contributed by atoms with Gasteiger partial charge in [0.05, 0.1) is 27.0 Å². The summed E-state index contributed by atoms with van der Waals surface area (Å²) in [7, 11) is 6.79. The summed E-state index contributed by atoms with van der Waals surface area (Å²) in [5.41, 5.74) is 3.99. The van der Waals surface area contributed by atoms with Crippen LogP contribution in [0, 0.1) is 17.1 Å². The standard InChI is InChI=1S/C31H32FN5O3/c1-35-14-16-36(17-15-35)20-23-6-5-13-37(23)31-26(19-33)25(18-27(34-31)21-7-9-22(32)10-8-21)24-11-12-28(38-2)30(40-4)29(24)39-3/h5-13,18H,14-17,20H2,1-4H3. The molecule has 8 nitrogen and oxygen atoms in total. The maximum atomic E-state index is 13.8. The number of rotatable bonds is 8. The zero-order valence-electron chi connectivity index (χ0n) is 23.1. The third kappa shape index (κ3) is 5.24. The summed E-state index contributed by atoms with van der Waals surface area (Å²) >= 11 is 0. The van der Waals surface area contributed by atoms with Crippen LogP contribution in [0.2, 0.25) is 0 Å². The quantitative estimate of drug-likeness (QED) is 0.311. The number of benzene rings is 2. The lowest BCUT2D eigenvalue weighted by atomic mass is 9.96. The van der Waals surface area contributed by atoms with Crippen molar-refractivity contribution in [2.45, 2.75) is 6.54 Å². The molecule has 0 aliphatic carbocycles. The van der Waals surface area contributed by atoms with Crippen molar-refractivity contribution in [1.29, 1.82) is 5.26 Å². The second-order valence-corrected chi connectivity index (χ2v) is 9.70. The number of likely N-dealkylation sites (N-methyl/N-ethyl adjacent to an activating group) is 1. The van der Waals surface area contributed by atoms with E-state index >= 15 is 0 Å². The Bertz CT molecular complexity index is 1540. The molecule has 0 atom stereocenters. The number of aromatic nitrogens is 2. The summed E-state index contributed by atoms with van der Waals surface area (Å²) in [4.78, 5) is 9.69. The molecule has 3 heterocycles. The van der Waals surface area contributed by atoms with Gasteiger partial charge in [-0.2, -0.15) is 5.26 Å². The van der Waals surface area contributed by atoms with Crippen LogP contribution in [0.5, 0.6) is 17.2 Å². The van der Waals surface area contributed by atoms with E-state index in [1.165, 1.54) is 12.1 Å². The molecule has 2 aromatic carbocycles. The molecule has 0 amide bonds. The van der Waals surface area contributed by atoms with Gasteiger partial charge in [0.25, 0.3) is 0 Å². The Kier molecular flexibility index (Phi) is 8.01. The third-order valence-electron chi connectivity index (χ3n) is 7.29. The maximum Gasteiger partial charge on any atom is 0.203 e. The molecule has 2 aromatic heterocycles. The highest BCUT2D eigenvalue weighted by Crippen LogP contribution is 2.46. The number of pyridine rings is 1. The van der Waals surface area contributed by atoms with Gasteiger partial charge in [0.15, 0.2) is 17.3 Å². The molecule has 1 saturated heterocycles. The summed E-state index contributed by atoms with van der Waals surface area (Å²) < 4.78 is 32.7. The zero-order chi connectivity index (χ0) is 28.2. The van der Waals surface area contributed by atoms with Gasteiger partial charge in [-0.1, -0.05) is 0 Å². The van der Waals surface area contributed by atoms with Crippen molar-refractivity contribution in [3.05, 3.63) is 77.9 Å². The number of halogens is 1. The van der Waals surface area contributed by atoms with Crippen molar-refractivity contribution < 1.29 is 18.6 Å². The molecule has 1 aliphatic rings. The topological polar surface area (TPSA) is 75.8 Å². The molecule has 40 heavy (non-hydrogen) atoms. The first-order chi connectivity index (χ1) is 19.5. The lowest BCUT2D eigenvalue weighted by Crippen LogP contribution is -2.44. The van der Waals surface area contributed by atoms with E-state index in [0.29, 0.717) is 45.5 Å². The van der Waals surface area contributed by atoms with Gasteiger partial charge in [-0.25, -0.2) is 9.37 Å². The zero-order valence-corrected chi connectivity index (χ0v) is 23.1. The molecule has 1 fully saturated rings. The minimum absolute atomic E-state index is 0.334. The van der Waals surface area contributed by atoms with E-state index in [0.717, 1.165) is 44.0 Å². The normalized spacial score (nSPS) is 14.1. The molecule has 1 aliphatic heterocycles. The fraction of sp³-hybridized carbons (Fsp3) is 0.290. The van der Waals surface area contributed by atoms with Crippen LogP contribution in [-0.2, 0) is 6.54 Å². The largest absolute Gasteiger partial charge is 0.493 e. The summed E-state index contributed by atoms with van der Waals surface area (Å²) in [5, 5.41) is 10.5. The van der Waals surface area contributed by atoms with E-state index in [9.17, 15) is 9.65 Å². The number of piperazine rings is 1. The highest BCUT2D eigenvalue weighted by atomic mass is 19.1. The lowest BCUT2D eigenvalue weighted by molar-refractivity contribution is 0.146. The summed E-state index contributed by atoms with van der Waals surface area (Å²) in [6.45, 7) is 4.66. The van der Waals surface area contributed by atoms with Crippen LogP contribution >= 0.6 is 0 Å². The average molecular weight is 542 g/mol. The molecule has 9 heteroatoms.